The maximum absolute atomic E-state index is 12.5. The van der Waals surface area contributed by atoms with Gasteiger partial charge in [0, 0.05) is 34.1 Å². The smallest absolute Gasteiger partial charge is 0.252 e. The van der Waals surface area contributed by atoms with E-state index in [-0.39, 0.29) is 11.7 Å². The van der Waals surface area contributed by atoms with E-state index < -0.39 is 0 Å². The molecule has 0 radical (unpaired) electrons. The molecular weight excluding hydrogens is 338 g/mol. The first kappa shape index (κ1) is 17.1. The molecule has 0 saturated carbocycles. The Bertz CT molecular complexity index is 756. The number of carbonyl (C=O) groups is 2. The first-order valence-electron chi connectivity index (χ1n) is 7.89. The fraction of sp³-hybridized carbons (Fsp3) is 0.263. The summed E-state index contributed by atoms with van der Waals surface area (Å²) in [5, 5.41) is 2.97. The Morgan fingerprint density at radius 2 is 2.00 bits per heavy atom. The second-order valence-electron chi connectivity index (χ2n) is 5.56. The Morgan fingerprint density at radius 1 is 1.21 bits per heavy atom. The maximum Gasteiger partial charge on any atom is 0.252 e. The van der Waals surface area contributed by atoms with Crippen LogP contribution in [0, 0.1) is 0 Å². The molecule has 1 aliphatic rings. The minimum atomic E-state index is -0.102. The van der Waals surface area contributed by atoms with E-state index >= 15 is 0 Å². The monoisotopic (exact) mass is 357 g/mol. The molecule has 0 bridgehead atoms. The molecule has 0 fully saturated rings. The molecule has 1 N–H and O–H groups in total. The number of Topliss-reactive ketones (excluding diaryl/α,β-unsaturated/α-hetero) is 1. The van der Waals surface area contributed by atoms with Gasteiger partial charge in [0.05, 0.1) is 5.56 Å². The lowest BCUT2D eigenvalue weighted by atomic mass is 10.0. The van der Waals surface area contributed by atoms with Crippen LogP contribution in [-0.4, -0.2) is 30.2 Å². The minimum absolute atomic E-state index is 0.102. The molecule has 1 aliphatic heterocycles. The van der Waals surface area contributed by atoms with Gasteiger partial charge in [-0.2, -0.15) is 0 Å². The van der Waals surface area contributed by atoms with Gasteiger partial charge >= 0.3 is 0 Å². The summed E-state index contributed by atoms with van der Waals surface area (Å²) in [5.41, 5.74) is 2.50. The van der Waals surface area contributed by atoms with E-state index in [9.17, 15) is 9.59 Å². The third-order valence-electron chi connectivity index (χ3n) is 3.99. The zero-order valence-electron chi connectivity index (χ0n) is 13.5. The van der Waals surface area contributed by atoms with E-state index in [4.69, 9.17) is 0 Å². The minimum Gasteiger partial charge on any atom is -0.352 e. The van der Waals surface area contributed by atoms with Gasteiger partial charge in [0.2, 0.25) is 0 Å². The van der Waals surface area contributed by atoms with Crippen LogP contribution < -0.4 is 5.32 Å². The van der Waals surface area contributed by atoms with Crippen molar-refractivity contribution in [1.82, 2.24) is 5.32 Å². The average Bonchev–Trinajstić information content (AvgIpc) is 2.62. The number of hydrogen-bond donors (Lipinski definition) is 1. The van der Waals surface area contributed by atoms with E-state index in [1.165, 1.54) is 10.5 Å². The van der Waals surface area contributed by atoms with Crippen LogP contribution in [0.2, 0.25) is 0 Å². The lowest BCUT2D eigenvalue weighted by Gasteiger charge is -2.17. The zero-order valence-corrected chi connectivity index (χ0v) is 15.1. The zero-order chi connectivity index (χ0) is 16.9. The number of nitrogens with one attached hydrogen (secondary N) is 1. The summed E-state index contributed by atoms with van der Waals surface area (Å²) in [6, 6.07) is 13.8. The van der Waals surface area contributed by atoms with Crippen LogP contribution in [0.3, 0.4) is 0 Å². The van der Waals surface area contributed by atoms with Crippen molar-refractivity contribution in [1.29, 1.82) is 0 Å². The van der Waals surface area contributed by atoms with Crippen molar-refractivity contribution in [3.63, 3.8) is 0 Å². The van der Waals surface area contributed by atoms with Crippen LogP contribution in [0.25, 0.3) is 0 Å². The summed E-state index contributed by atoms with van der Waals surface area (Å²) < 4.78 is 0. The summed E-state index contributed by atoms with van der Waals surface area (Å²) in [4.78, 5) is 26.5. The number of amides is 1. The van der Waals surface area contributed by atoms with Crippen LogP contribution >= 0.6 is 23.5 Å². The highest BCUT2D eigenvalue weighted by molar-refractivity contribution is 7.99. The van der Waals surface area contributed by atoms with Gasteiger partial charge in [-0.15, -0.1) is 23.5 Å². The summed E-state index contributed by atoms with van der Waals surface area (Å²) in [5.74, 6) is 0.778. The maximum atomic E-state index is 12.5. The molecule has 2 aromatic carbocycles. The number of benzene rings is 2. The summed E-state index contributed by atoms with van der Waals surface area (Å²) in [6.07, 6.45) is 3.40. The van der Waals surface area contributed by atoms with E-state index in [0.29, 0.717) is 24.1 Å². The van der Waals surface area contributed by atoms with Crippen molar-refractivity contribution >= 4 is 35.2 Å². The van der Waals surface area contributed by atoms with Gasteiger partial charge in [-0.25, -0.2) is 0 Å². The number of thioether (sulfide) groups is 2. The molecule has 0 spiro atoms. The number of carbonyl (C=O) groups excluding carboxylic acids is 2. The molecule has 124 valence electrons. The van der Waals surface area contributed by atoms with Gasteiger partial charge in [-0.1, -0.05) is 24.3 Å². The predicted molar refractivity (Wildman–Crippen MR) is 100 cm³/mol. The molecule has 3 nitrogen and oxygen atoms in total. The van der Waals surface area contributed by atoms with Crippen LogP contribution in [-0.2, 0) is 6.42 Å². The van der Waals surface area contributed by atoms with Gasteiger partial charge in [0.1, 0.15) is 0 Å². The van der Waals surface area contributed by atoms with Crippen molar-refractivity contribution in [3.8, 4) is 0 Å². The second-order valence-corrected chi connectivity index (χ2v) is 7.54. The quantitative estimate of drug-likeness (QED) is 0.820. The molecule has 1 amide bonds. The highest BCUT2D eigenvalue weighted by Gasteiger charge is 2.22. The van der Waals surface area contributed by atoms with Crippen molar-refractivity contribution in [2.75, 3.05) is 18.6 Å². The summed E-state index contributed by atoms with van der Waals surface area (Å²) in [7, 11) is 0. The van der Waals surface area contributed by atoms with Crippen LogP contribution in [0.4, 0.5) is 0 Å². The number of ketones is 1. The van der Waals surface area contributed by atoms with Gasteiger partial charge in [0.15, 0.2) is 5.78 Å². The van der Waals surface area contributed by atoms with Gasteiger partial charge in [0.25, 0.3) is 5.91 Å². The summed E-state index contributed by atoms with van der Waals surface area (Å²) in [6.45, 7) is 0.583. The Morgan fingerprint density at radius 3 is 2.75 bits per heavy atom. The number of fused-ring (bicyclic) bond motifs is 1. The first-order valence-corrected chi connectivity index (χ1v) is 10.1. The van der Waals surface area contributed by atoms with Crippen molar-refractivity contribution in [3.05, 3.63) is 59.2 Å². The Kier molecular flexibility index (Phi) is 5.63. The lowest BCUT2D eigenvalue weighted by molar-refractivity contribution is 0.0951. The van der Waals surface area contributed by atoms with Crippen molar-refractivity contribution in [2.45, 2.75) is 22.6 Å². The standard InChI is InChI=1S/C19H19NO2S2/c1-23-14-7-5-13(6-8-14)9-11-20-19(22)16-4-2-3-15-17(21)10-12-24-18(15)16/h2-8H,9-12H2,1H3,(H,20,22). The molecule has 1 heterocycles. The Hall–Kier alpha value is -1.72. The molecular formula is C19H19NO2S2. The number of hydrogen-bond acceptors (Lipinski definition) is 4. The van der Waals surface area contributed by atoms with E-state index in [1.807, 2.05) is 6.07 Å². The van der Waals surface area contributed by atoms with Crippen LogP contribution in [0.15, 0.2) is 52.3 Å². The van der Waals surface area contributed by atoms with E-state index in [0.717, 1.165) is 17.1 Å². The van der Waals surface area contributed by atoms with Crippen molar-refractivity contribution in [2.24, 2.45) is 0 Å². The average molecular weight is 358 g/mol. The fourth-order valence-corrected chi connectivity index (χ4v) is 4.23. The molecule has 0 unspecified atom stereocenters. The third-order valence-corrected chi connectivity index (χ3v) is 5.87. The molecule has 0 aliphatic carbocycles. The largest absolute Gasteiger partial charge is 0.352 e. The Labute approximate surface area is 150 Å². The van der Waals surface area contributed by atoms with Crippen LogP contribution in [0.5, 0.6) is 0 Å². The fourth-order valence-electron chi connectivity index (χ4n) is 2.68. The third kappa shape index (κ3) is 3.84. The lowest BCUT2D eigenvalue weighted by Crippen LogP contribution is -2.27. The molecule has 5 heteroatoms. The van der Waals surface area contributed by atoms with Crippen LogP contribution in [0.1, 0.15) is 32.7 Å². The topological polar surface area (TPSA) is 46.2 Å². The summed E-state index contributed by atoms with van der Waals surface area (Å²) >= 11 is 3.31. The van der Waals surface area contributed by atoms with Gasteiger partial charge in [-0.05, 0) is 36.4 Å². The molecule has 0 saturated heterocycles. The molecule has 0 atom stereocenters. The van der Waals surface area contributed by atoms with Crippen molar-refractivity contribution < 1.29 is 9.59 Å². The van der Waals surface area contributed by atoms with Gasteiger partial charge in [-0.3, -0.25) is 9.59 Å². The van der Waals surface area contributed by atoms with Gasteiger partial charge < -0.3 is 5.32 Å². The highest BCUT2D eigenvalue weighted by atomic mass is 32.2. The molecule has 3 rings (SSSR count). The van der Waals surface area contributed by atoms with E-state index in [1.54, 1.807) is 35.7 Å². The predicted octanol–water partition coefficient (Wildman–Crippen LogP) is 4.06. The molecule has 2 aromatic rings. The van der Waals surface area contributed by atoms with E-state index in [2.05, 4.69) is 35.8 Å². The number of rotatable bonds is 5. The highest BCUT2D eigenvalue weighted by Crippen LogP contribution is 2.32. The Balaban J connectivity index is 1.63. The first-order chi connectivity index (χ1) is 11.7. The normalized spacial score (nSPS) is 13.5. The molecule has 24 heavy (non-hydrogen) atoms. The SMILES string of the molecule is CSc1ccc(CCNC(=O)c2cccc3c2SCCC3=O)cc1. The second kappa shape index (κ2) is 7.90. The molecule has 0 aromatic heterocycles.